The van der Waals surface area contributed by atoms with Gasteiger partial charge in [0.15, 0.2) is 0 Å². The molecule has 3 rings (SSSR count). The van der Waals surface area contributed by atoms with Crippen LogP contribution >= 0.6 is 0 Å². The third-order valence-corrected chi connectivity index (χ3v) is 5.31. The fourth-order valence-corrected chi connectivity index (χ4v) is 3.75. The maximum Gasteiger partial charge on any atom is 0.416 e. The fourth-order valence-electron chi connectivity index (χ4n) is 3.75. The standard InChI is InChI=1S/C18H21F3N2O3/c19-18(20,21)13-4-2-12(3-5-13)10-15(25)23-9-6-14(24)17(11-23)7-1-8-22-16(17)26/h2-5,14,24H,1,6-11H2,(H,22,26)/t14-,17+/m0/s1. The lowest BCUT2D eigenvalue weighted by Gasteiger charge is -2.46. The summed E-state index contributed by atoms with van der Waals surface area (Å²) in [5, 5.41) is 13.1. The molecule has 5 nitrogen and oxygen atoms in total. The number of halogens is 3. The van der Waals surface area contributed by atoms with E-state index in [1.54, 1.807) is 0 Å². The predicted octanol–water partition coefficient (Wildman–Crippen LogP) is 1.74. The fraction of sp³-hybridized carbons (Fsp3) is 0.556. The number of nitrogens with zero attached hydrogens (tertiary/aromatic N) is 1. The van der Waals surface area contributed by atoms with Crippen LogP contribution in [0.2, 0.25) is 0 Å². The van der Waals surface area contributed by atoms with Crippen molar-refractivity contribution in [3.8, 4) is 0 Å². The van der Waals surface area contributed by atoms with Crippen molar-refractivity contribution < 1.29 is 27.9 Å². The molecule has 0 saturated carbocycles. The minimum absolute atomic E-state index is 0.0358. The quantitative estimate of drug-likeness (QED) is 0.833. The van der Waals surface area contributed by atoms with Crippen molar-refractivity contribution >= 4 is 11.8 Å². The van der Waals surface area contributed by atoms with Gasteiger partial charge in [0.25, 0.3) is 0 Å². The zero-order valence-corrected chi connectivity index (χ0v) is 14.2. The Morgan fingerprint density at radius 1 is 1.31 bits per heavy atom. The summed E-state index contributed by atoms with van der Waals surface area (Å²) in [7, 11) is 0. The number of amides is 2. The zero-order valence-electron chi connectivity index (χ0n) is 14.2. The molecule has 26 heavy (non-hydrogen) atoms. The normalized spacial score (nSPS) is 26.7. The number of carbonyl (C=O) groups is 2. The first-order valence-electron chi connectivity index (χ1n) is 8.63. The second kappa shape index (κ2) is 6.90. The van der Waals surface area contributed by atoms with Crippen molar-refractivity contribution in [3.05, 3.63) is 35.4 Å². The Labute approximate surface area is 149 Å². The number of aliphatic hydroxyl groups is 1. The van der Waals surface area contributed by atoms with E-state index in [9.17, 15) is 27.9 Å². The van der Waals surface area contributed by atoms with Gasteiger partial charge in [-0.3, -0.25) is 9.59 Å². The Morgan fingerprint density at radius 2 is 2.00 bits per heavy atom. The molecule has 1 spiro atoms. The van der Waals surface area contributed by atoms with E-state index < -0.39 is 23.3 Å². The molecule has 2 fully saturated rings. The van der Waals surface area contributed by atoms with Gasteiger partial charge in [-0.25, -0.2) is 0 Å². The molecule has 2 N–H and O–H groups in total. The van der Waals surface area contributed by atoms with E-state index in [0.29, 0.717) is 31.5 Å². The third-order valence-electron chi connectivity index (χ3n) is 5.31. The number of aliphatic hydroxyl groups excluding tert-OH is 1. The van der Waals surface area contributed by atoms with E-state index in [1.807, 2.05) is 0 Å². The summed E-state index contributed by atoms with van der Waals surface area (Å²) in [6.07, 6.45) is -3.67. The Kier molecular flexibility index (Phi) is 4.96. The number of hydrogen-bond donors (Lipinski definition) is 2. The van der Waals surface area contributed by atoms with Crippen LogP contribution in [-0.2, 0) is 22.2 Å². The number of piperidine rings is 2. The van der Waals surface area contributed by atoms with Crippen molar-refractivity contribution in [2.45, 2.75) is 38.0 Å². The summed E-state index contributed by atoms with van der Waals surface area (Å²) in [4.78, 5) is 26.4. The Balaban J connectivity index is 1.69. The van der Waals surface area contributed by atoms with E-state index in [0.717, 1.165) is 18.6 Å². The lowest BCUT2D eigenvalue weighted by Crippen LogP contribution is -2.62. The van der Waals surface area contributed by atoms with Crippen LogP contribution in [0.25, 0.3) is 0 Å². The molecule has 0 unspecified atom stereocenters. The Hall–Kier alpha value is -2.09. The molecular formula is C18H21F3N2O3. The summed E-state index contributed by atoms with van der Waals surface area (Å²) in [5.41, 5.74) is -1.25. The topological polar surface area (TPSA) is 69.6 Å². The number of benzene rings is 1. The molecule has 1 aromatic rings. The first-order valence-corrected chi connectivity index (χ1v) is 8.63. The number of nitrogens with one attached hydrogen (secondary N) is 1. The molecule has 2 aliphatic heterocycles. The second-order valence-corrected chi connectivity index (χ2v) is 7.01. The van der Waals surface area contributed by atoms with E-state index in [-0.39, 0.29) is 24.8 Å². The van der Waals surface area contributed by atoms with Crippen LogP contribution in [0.15, 0.2) is 24.3 Å². The number of carbonyl (C=O) groups excluding carboxylic acids is 2. The molecule has 1 aromatic carbocycles. The summed E-state index contributed by atoms with van der Waals surface area (Å²) in [5.74, 6) is -0.488. The number of alkyl halides is 3. The van der Waals surface area contributed by atoms with Crippen molar-refractivity contribution in [2.75, 3.05) is 19.6 Å². The minimum Gasteiger partial charge on any atom is -0.392 e. The highest BCUT2D eigenvalue weighted by Gasteiger charge is 2.50. The predicted molar refractivity (Wildman–Crippen MR) is 87.0 cm³/mol. The molecule has 0 radical (unpaired) electrons. The number of rotatable bonds is 2. The molecule has 0 aromatic heterocycles. The highest BCUT2D eigenvalue weighted by atomic mass is 19.4. The highest BCUT2D eigenvalue weighted by Crippen LogP contribution is 2.37. The molecular weight excluding hydrogens is 349 g/mol. The Bertz CT molecular complexity index is 690. The molecule has 142 valence electrons. The van der Waals surface area contributed by atoms with E-state index in [4.69, 9.17) is 0 Å². The lowest BCUT2D eigenvalue weighted by atomic mass is 9.71. The van der Waals surface area contributed by atoms with Gasteiger partial charge in [-0.2, -0.15) is 13.2 Å². The van der Waals surface area contributed by atoms with E-state index >= 15 is 0 Å². The van der Waals surface area contributed by atoms with Gasteiger partial charge >= 0.3 is 6.18 Å². The van der Waals surface area contributed by atoms with Gasteiger partial charge in [0.2, 0.25) is 11.8 Å². The van der Waals surface area contributed by atoms with Crippen molar-refractivity contribution in [3.63, 3.8) is 0 Å². The molecule has 2 atom stereocenters. The van der Waals surface area contributed by atoms with E-state index in [1.165, 1.54) is 17.0 Å². The summed E-state index contributed by atoms with van der Waals surface area (Å²) in [6, 6.07) is 4.50. The summed E-state index contributed by atoms with van der Waals surface area (Å²) in [6.45, 7) is 1.03. The van der Waals surface area contributed by atoms with Crippen LogP contribution < -0.4 is 5.32 Å². The first-order chi connectivity index (χ1) is 12.2. The van der Waals surface area contributed by atoms with Gasteiger partial charge in [-0.05, 0) is 37.0 Å². The van der Waals surface area contributed by atoms with Gasteiger partial charge < -0.3 is 15.3 Å². The molecule has 2 amide bonds. The third kappa shape index (κ3) is 3.56. The average Bonchev–Trinajstić information content (AvgIpc) is 2.59. The van der Waals surface area contributed by atoms with Crippen LogP contribution in [-0.4, -0.2) is 47.6 Å². The smallest absolute Gasteiger partial charge is 0.392 e. The molecule has 2 aliphatic rings. The van der Waals surface area contributed by atoms with Gasteiger partial charge in [-0.1, -0.05) is 12.1 Å². The van der Waals surface area contributed by atoms with Crippen LogP contribution in [0.1, 0.15) is 30.4 Å². The number of likely N-dealkylation sites (tertiary alicyclic amines) is 1. The van der Waals surface area contributed by atoms with Crippen molar-refractivity contribution in [1.82, 2.24) is 10.2 Å². The zero-order chi connectivity index (χ0) is 18.9. The second-order valence-electron chi connectivity index (χ2n) is 7.01. The molecule has 2 heterocycles. The van der Waals surface area contributed by atoms with Gasteiger partial charge in [-0.15, -0.1) is 0 Å². The minimum atomic E-state index is -4.41. The summed E-state index contributed by atoms with van der Waals surface area (Å²) < 4.78 is 37.8. The van der Waals surface area contributed by atoms with Crippen LogP contribution in [0.4, 0.5) is 13.2 Å². The van der Waals surface area contributed by atoms with Crippen LogP contribution in [0.3, 0.4) is 0 Å². The average molecular weight is 370 g/mol. The SMILES string of the molecule is O=C(Cc1ccc(C(F)(F)F)cc1)N1CC[C@H](O)[C@@]2(CCCNC2=O)C1. The summed E-state index contributed by atoms with van der Waals surface area (Å²) >= 11 is 0. The van der Waals surface area contributed by atoms with Gasteiger partial charge in [0.1, 0.15) is 0 Å². The van der Waals surface area contributed by atoms with Crippen molar-refractivity contribution in [2.24, 2.45) is 5.41 Å². The Morgan fingerprint density at radius 3 is 2.62 bits per heavy atom. The molecule has 0 aliphatic carbocycles. The first kappa shape index (κ1) is 18.7. The maximum absolute atomic E-state index is 12.6. The van der Waals surface area contributed by atoms with Crippen LogP contribution in [0, 0.1) is 5.41 Å². The van der Waals surface area contributed by atoms with Gasteiger partial charge in [0.05, 0.1) is 23.5 Å². The van der Waals surface area contributed by atoms with E-state index in [2.05, 4.69) is 5.32 Å². The largest absolute Gasteiger partial charge is 0.416 e. The molecule has 0 bridgehead atoms. The highest BCUT2D eigenvalue weighted by molar-refractivity contribution is 5.86. The molecule has 2 saturated heterocycles. The monoisotopic (exact) mass is 370 g/mol. The molecule has 8 heteroatoms. The van der Waals surface area contributed by atoms with Crippen LogP contribution in [0.5, 0.6) is 0 Å². The van der Waals surface area contributed by atoms with Crippen molar-refractivity contribution in [1.29, 1.82) is 0 Å². The van der Waals surface area contributed by atoms with Gasteiger partial charge in [0, 0.05) is 19.6 Å². The lowest BCUT2D eigenvalue weighted by molar-refractivity contribution is -0.154. The number of hydrogen-bond acceptors (Lipinski definition) is 3. The maximum atomic E-state index is 12.6.